The number of hydrogen-bond acceptors (Lipinski definition) is 4. The largest absolute Gasteiger partial charge is 0.309 e. The molecule has 0 aromatic carbocycles. The zero-order valence-electron chi connectivity index (χ0n) is 10.6. The van der Waals surface area contributed by atoms with E-state index in [1.54, 1.807) is 0 Å². The summed E-state index contributed by atoms with van der Waals surface area (Å²) in [4.78, 5) is 27.2. The van der Waals surface area contributed by atoms with Crippen molar-refractivity contribution in [2.24, 2.45) is 0 Å². The number of hydrogen-bond donors (Lipinski definition) is 1. The summed E-state index contributed by atoms with van der Waals surface area (Å²) in [5, 5.41) is 3.19. The van der Waals surface area contributed by atoms with Gasteiger partial charge in [-0.25, -0.2) is 0 Å². The van der Waals surface area contributed by atoms with Crippen molar-refractivity contribution in [1.82, 2.24) is 15.1 Å². The van der Waals surface area contributed by atoms with E-state index < -0.39 is 0 Å². The van der Waals surface area contributed by atoms with Gasteiger partial charge in [-0.05, 0) is 46.4 Å². The molecule has 2 aliphatic rings. The van der Waals surface area contributed by atoms with Crippen molar-refractivity contribution in [2.45, 2.75) is 37.8 Å². The van der Waals surface area contributed by atoms with E-state index in [9.17, 15) is 9.59 Å². The average molecular weight is 239 g/mol. The fraction of sp³-hybridized carbons (Fsp3) is 0.833. The van der Waals surface area contributed by atoms with E-state index >= 15 is 0 Å². The highest BCUT2D eigenvalue weighted by Gasteiger charge is 2.45. The van der Waals surface area contributed by atoms with Gasteiger partial charge < -0.3 is 10.2 Å². The Labute approximate surface area is 102 Å². The van der Waals surface area contributed by atoms with Gasteiger partial charge in [-0.2, -0.15) is 0 Å². The Kier molecular flexibility index (Phi) is 3.79. The number of amides is 2. The van der Waals surface area contributed by atoms with Crippen LogP contribution in [-0.4, -0.2) is 60.9 Å². The van der Waals surface area contributed by atoms with Gasteiger partial charge in [0, 0.05) is 6.04 Å². The first-order chi connectivity index (χ1) is 8.09. The summed E-state index contributed by atoms with van der Waals surface area (Å²) in [6.07, 6.45) is 3.32. The molecule has 0 aromatic heterocycles. The molecule has 1 unspecified atom stereocenters. The average Bonchev–Trinajstić information content (AvgIpc) is 3.02. The Morgan fingerprint density at radius 3 is 2.65 bits per heavy atom. The molecule has 1 aliphatic carbocycles. The van der Waals surface area contributed by atoms with Crippen LogP contribution in [-0.2, 0) is 9.59 Å². The quantitative estimate of drug-likeness (QED) is 0.516. The second-order valence-electron chi connectivity index (χ2n) is 5.20. The van der Waals surface area contributed by atoms with Gasteiger partial charge in [-0.3, -0.25) is 14.5 Å². The summed E-state index contributed by atoms with van der Waals surface area (Å²) in [7, 11) is 4.05. The minimum Gasteiger partial charge on any atom is -0.309 e. The summed E-state index contributed by atoms with van der Waals surface area (Å²) in [5.41, 5.74) is 0. The lowest BCUT2D eigenvalue weighted by Gasteiger charge is -2.15. The van der Waals surface area contributed by atoms with Crippen molar-refractivity contribution >= 4 is 11.8 Å². The van der Waals surface area contributed by atoms with Crippen molar-refractivity contribution < 1.29 is 9.59 Å². The van der Waals surface area contributed by atoms with Gasteiger partial charge in [0.15, 0.2) is 0 Å². The third-order valence-corrected chi connectivity index (χ3v) is 3.27. The molecule has 0 aromatic rings. The normalized spacial score (nSPS) is 25.1. The van der Waals surface area contributed by atoms with Crippen molar-refractivity contribution in [3.63, 3.8) is 0 Å². The maximum Gasteiger partial charge on any atom is 0.247 e. The van der Waals surface area contributed by atoms with Crippen molar-refractivity contribution in [3.05, 3.63) is 0 Å². The Morgan fingerprint density at radius 2 is 2.06 bits per heavy atom. The Balaban J connectivity index is 1.75. The maximum absolute atomic E-state index is 12.0. The minimum atomic E-state index is -0.273. The molecular formula is C12H21N3O2. The van der Waals surface area contributed by atoms with E-state index in [-0.39, 0.29) is 23.9 Å². The van der Waals surface area contributed by atoms with E-state index in [2.05, 4.69) is 10.2 Å². The number of carbonyl (C=O) groups is 2. The van der Waals surface area contributed by atoms with E-state index in [1.165, 1.54) is 4.90 Å². The first-order valence-electron chi connectivity index (χ1n) is 6.33. The predicted octanol–water partition coefficient (Wildman–Crippen LogP) is -0.182. The van der Waals surface area contributed by atoms with Crippen LogP contribution in [0.4, 0.5) is 0 Å². The summed E-state index contributed by atoms with van der Waals surface area (Å²) < 4.78 is 0. The molecule has 17 heavy (non-hydrogen) atoms. The van der Waals surface area contributed by atoms with E-state index in [4.69, 9.17) is 0 Å². The second kappa shape index (κ2) is 5.14. The smallest absolute Gasteiger partial charge is 0.247 e. The molecule has 5 heteroatoms. The van der Waals surface area contributed by atoms with Gasteiger partial charge in [0.2, 0.25) is 11.8 Å². The van der Waals surface area contributed by atoms with Crippen LogP contribution in [0.5, 0.6) is 0 Å². The topological polar surface area (TPSA) is 52.7 Å². The molecule has 1 heterocycles. The van der Waals surface area contributed by atoms with Crippen LogP contribution >= 0.6 is 0 Å². The summed E-state index contributed by atoms with van der Waals surface area (Å²) in [6.45, 7) is 1.79. The highest BCUT2D eigenvalue weighted by atomic mass is 16.2. The monoisotopic (exact) mass is 239 g/mol. The first kappa shape index (κ1) is 12.5. The van der Waals surface area contributed by atoms with Gasteiger partial charge >= 0.3 is 0 Å². The second-order valence-corrected chi connectivity index (χ2v) is 5.20. The third kappa shape index (κ3) is 3.04. The Morgan fingerprint density at radius 1 is 1.35 bits per heavy atom. The molecule has 0 bridgehead atoms. The number of rotatable bonds is 6. The van der Waals surface area contributed by atoms with Crippen LogP contribution in [0.1, 0.15) is 25.7 Å². The molecule has 1 saturated heterocycles. The van der Waals surface area contributed by atoms with Crippen LogP contribution in [0.15, 0.2) is 0 Å². The number of imide groups is 1. The molecule has 1 N–H and O–H groups in total. The predicted molar refractivity (Wildman–Crippen MR) is 64.5 cm³/mol. The van der Waals surface area contributed by atoms with E-state index in [1.807, 2.05) is 14.1 Å². The fourth-order valence-corrected chi connectivity index (χ4v) is 2.20. The van der Waals surface area contributed by atoms with Crippen molar-refractivity contribution in [3.8, 4) is 0 Å². The van der Waals surface area contributed by atoms with Gasteiger partial charge in [-0.15, -0.1) is 0 Å². The van der Waals surface area contributed by atoms with Crippen LogP contribution in [0.3, 0.4) is 0 Å². The molecule has 5 nitrogen and oxygen atoms in total. The molecule has 0 radical (unpaired) electrons. The summed E-state index contributed by atoms with van der Waals surface area (Å²) >= 11 is 0. The highest BCUT2D eigenvalue weighted by molar-refractivity contribution is 6.06. The SMILES string of the molecule is CN(C)CCCNC1CC(=O)N(C2CC2)C1=O. The van der Waals surface area contributed by atoms with Crippen LogP contribution in [0, 0.1) is 0 Å². The Bertz CT molecular complexity index is 313. The number of nitrogens with zero attached hydrogens (tertiary/aromatic N) is 2. The summed E-state index contributed by atoms with van der Waals surface area (Å²) in [6, 6.07) is -0.0613. The van der Waals surface area contributed by atoms with E-state index in [0.29, 0.717) is 6.42 Å². The lowest BCUT2D eigenvalue weighted by molar-refractivity contribution is -0.139. The number of nitrogens with one attached hydrogen (secondary N) is 1. The number of likely N-dealkylation sites (tertiary alicyclic amines) is 1. The summed E-state index contributed by atoms with van der Waals surface area (Å²) in [5.74, 6) is -0.00929. The highest BCUT2D eigenvalue weighted by Crippen LogP contribution is 2.31. The Hall–Kier alpha value is -0.940. The van der Waals surface area contributed by atoms with Crippen LogP contribution in [0.2, 0.25) is 0 Å². The molecular weight excluding hydrogens is 218 g/mol. The molecule has 2 amide bonds. The lowest BCUT2D eigenvalue weighted by atomic mass is 10.2. The fourth-order valence-electron chi connectivity index (χ4n) is 2.20. The first-order valence-corrected chi connectivity index (χ1v) is 6.33. The molecule has 96 valence electrons. The standard InChI is InChI=1S/C12H21N3O2/c1-14(2)7-3-6-13-10-8-11(16)15(12(10)17)9-4-5-9/h9-10,13H,3-8H2,1-2H3. The minimum absolute atomic E-state index is 0.00242. The maximum atomic E-state index is 12.0. The van der Waals surface area contributed by atoms with E-state index in [0.717, 1.165) is 32.4 Å². The molecule has 2 fully saturated rings. The van der Waals surface area contributed by atoms with Gasteiger partial charge in [-0.1, -0.05) is 0 Å². The molecule has 1 saturated carbocycles. The zero-order valence-corrected chi connectivity index (χ0v) is 10.6. The molecule has 1 aliphatic heterocycles. The van der Waals surface area contributed by atoms with Gasteiger partial charge in [0.1, 0.15) is 0 Å². The number of carbonyl (C=O) groups excluding carboxylic acids is 2. The van der Waals surface area contributed by atoms with Gasteiger partial charge in [0.05, 0.1) is 12.5 Å². The lowest BCUT2D eigenvalue weighted by Crippen LogP contribution is -2.40. The molecule has 0 spiro atoms. The van der Waals surface area contributed by atoms with Crippen LogP contribution < -0.4 is 5.32 Å². The van der Waals surface area contributed by atoms with Crippen molar-refractivity contribution in [1.29, 1.82) is 0 Å². The van der Waals surface area contributed by atoms with Crippen LogP contribution in [0.25, 0.3) is 0 Å². The van der Waals surface area contributed by atoms with Gasteiger partial charge in [0.25, 0.3) is 0 Å². The zero-order chi connectivity index (χ0) is 12.4. The molecule has 2 rings (SSSR count). The third-order valence-electron chi connectivity index (χ3n) is 3.27. The van der Waals surface area contributed by atoms with Crippen molar-refractivity contribution in [2.75, 3.05) is 27.2 Å². The molecule has 1 atom stereocenters.